The molecule has 1 unspecified atom stereocenters. The molecule has 11 heteroatoms. The van der Waals surface area contributed by atoms with E-state index in [4.69, 9.17) is 0 Å². The molecule has 5 nitrogen and oxygen atoms in total. The van der Waals surface area contributed by atoms with Crippen molar-refractivity contribution in [1.82, 2.24) is 14.3 Å². The number of benzene rings is 1. The molecule has 35 heavy (non-hydrogen) atoms. The van der Waals surface area contributed by atoms with Crippen molar-refractivity contribution in [1.29, 1.82) is 0 Å². The average molecular weight is 516 g/mol. The second-order valence-electron chi connectivity index (χ2n) is 10.0. The number of aromatic nitrogens is 2. The summed E-state index contributed by atoms with van der Waals surface area (Å²) in [5.41, 5.74) is -0.989. The minimum absolute atomic E-state index is 0.0776. The quantitative estimate of drug-likeness (QED) is 0.363. The van der Waals surface area contributed by atoms with Crippen molar-refractivity contribution in [2.45, 2.75) is 64.3 Å². The maximum absolute atomic E-state index is 15.3. The molecule has 190 valence electrons. The molecule has 2 aromatic heterocycles. The third-order valence-electron chi connectivity index (χ3n) is 5.82. The fraction of sp³-hybridized carbons (Fsp3) is 0.458. The third-order valence-corrected chi connectivity index (χ3v) is 7.75. The standard InChI is InChI=1S/C24H26F5N3O2S/c1-24(2,3)12-32-11-17(21(23(28)29)31-35(33,34)13-6-7-13)15-9-18(25)16(10-19(15)32)20-14(22(26)27)5-4-8-30-20/h4-5,8-11,13,21-23,31H,6-7,12H2,1-3H3. The number of fused-ring (bicyclic) bond motifs is 1. The Morgan fingerprint density at radius 1 is 1.14 bits per heavy atom. The van der Waals surface area contributed by atoms with Gasteiger partial charge in [-0.25, -0.2) is 35.1 Å². The summed E-state index contributed by atoms with van der Waals surface area (Å²) in [7, 11) is -3.98. The Kier molecular flexibility index (Phi) is 6.69. The first kappa shape index (κ1) is 25.6. The number of hydrogen-bond acceptors (Lipinski definition) is 3. The van der Waals surface area contributed by atoms with E-state index in [0.717, 1.165) is 12.1 Å². The van der Waals surface area contributed by atoms with Crippen LogP contribution >= 0.6 is 0 Å². The molecule has 0 radical (unpaired) electrons. The molecular formula is C24H26F5N3O2S. The van der Waals surface area contributed by atoms with Crippen molar-refractivity contribution in [3.8, 4) is 11.3 Å². The number of nitrogens with zero attached hydrogens (tertiary/aromatic N) is 2. The first-order chi connectivity index (χ1) is 16.3. The lowest BCUT2D eigenvalue weighted by atomic mass is 9.96. The van der Waals surface area contributed by atoms with Gasteiger partial charge in [0.05, 0.1) is 10.9 Å². The molecule has 2 heterocycles. The molecule has 1 saturated carbocycles. The summed E-state index contributed by atoms with van der Waals surface area (Å²) in [4.78, 5) is 3.95. The molecule has 3 aromatic rings. The molecule has 4 rings (SSSR count). The van der Waals surface area contributed by atoms with Crippen LogP contribution in [0.3, 0.4) is 0 Å². The predicted molar refractivity (Wildman–Crippen MR) is 123 cm³/mol. The van der Waals surface area contributed by atoms with Gasteiger partial charge >= 0.3 is 0 Å². The third kappa shape index (κ3) is 5.35. The summed E-state index contributed by atoms with van der Waals surface area (Å²) >= 11 is 0. The van der Waals surface area contributed by atoms with E-state index < -0.39 is 45.5 Å². The SMILES string of the molecule is CC(C)(C)Cn1cc(C(NS(=O)(=O)C2CC2)C(F)F)c2cc(F)c(-c3ncccc3C(F)F)cc21. The van der Waals surface area contributed by atoms with Crippen LogP contribution < -0.4 is 4.72 Å². The van der Waals surface area contributed by atoms with Crippen LogP contribution in [-0.4, -0.2) is 29.6 Å². The average Bonchev–Trinajstić information content (AvgIpc) is 3.56. The smallest absolute Gasteiger partial charge is 0.265 e. The highest BCUT2D eigenvalue weighted by atomic mass is 32.2. The zero-order valence-electron chi connectivity index (χ0n) is 19.4. The maximum atomic E-state index is 15.3. The lowest BCUT2D eigenvalue weighted by Gasteiger charge is -2.20. The molecule has 1 fully saturated rings. The highest BCUT2D eigenvalue weighted by molar-refractivity contribution is 7.90. The summed E-state index contributed by atoms with van der Waals surface area (Å²) in [6.07, 6.45) is -2.55. The number of hydrogen-bond donors (Lipinski definition) is 1. The Hall–Kier alpha value is -2.53. The summed E-state index contributed by atoms with van der Waals surface area (Å²) in [6, 6.07) is 2.88. The van der Waals surface area contributed by atoms with Crippen LogP contribution in [0.25, 0.3) is 22.2 Å². The Labute approximate surface area is 200 Å². The van der Waals surface area contributed by atoms with Crippen molar-refractivity contribution < 1.29 is 30.4 Å². The van der Waals surface area contributed by atoms with E-state index in [1.54, 1.807) is 4.57 Å². The first-order valence-corrected chi connectivity index (χ1v) is 12.7. The number of sulfonamides is 1. The molecule has 1 aliphatic carbocycles. The van der Waals surface area contributed by atoms with E-state index in [0.29, 0.717) is 24.9 Å². The van der Waals surface area contributed by atoms with E-state index in [-0.39, 0.29) is 27.6 Å². The Morgan fingerprint density at radius 2 is 1.83 bits per heavy atom. The maximum Gasteiger partial charge on any atom is 0.265 e. The van der Waals surface area contributed by atoms with Crippen LogP contribution in [0.5, 0.6) is 0 Å². The number of rotatable bonds is 8. The molecular weight excluding hydrogens is 489 g/mol. The topological polar surface area (TPSA) is 64.0 Å². The molecule has 1 atom stereocenters. The van der Waals surface area contributed by atoms with Crippen LogP contribution in [0.1, 0.15) is 57.2 Å². The zero-order chi connectivity index (χ0) is 25.7. The number of alkyl halides is 4. The fourth-order valence-corrected chi connectivity index (χ4v) is 5.66. The lowest BCUT2D eigenvalue weighted by Crippen LogP contribution is -2.35. The molecule has 0 amide bonds. The van der Waals surface area contributed by atoms with Gasteiger partial charge in [0.15, 0.2) is 0 Å². The van der Waals surface area contributed by atoms with Gasteiger partial charge in [-0.05, 0) is 42.5 Å². The Bertz CT molecular complexity index is 1350. The first-order valence-electron chi connectivity index (χ1n) is 11.1. The number of halogens is 5. The Morgan fingerprint density at radius 3 is 2.40 bits per heavy atom. The number of pyridine rings is 1. The summed E-state index contributed by atoms with van der Waals surface area (Å²) < 4.78 is 99.4. The molecule has 0 bridgehead atoms. The normalized spacial score (nSPS) is 15.9. The monoisotopic (exact) mass is 515 g/mol. The highest BCUT2D eigenvalue weighted by Gasteiger charge is 2.40. The van der Waals surface area contributed by atoms with Crippen LogP contribution in [0.2, 0.25) is 0 Å². The molecule has 0 spiro atoms. The van der Waals surface area contributed by atoms with E-state index >= 15 is 4.39 Å². The second-order valence-corrected chi connectivity index (χ2v) is 12.0. The van der Waals surface area contributed by atoms with Gasteiger partial charge in [-0.3, -0.25) is 4.98 Å². The highest BCUT2D eigenvalue weighted by Crippen LogP contribution is 2.39. The van der Waals surface area contributed by atoms with Crippen LogP contribution in [-0.2, 0) is 16.6 Å². The second kappa shape index (κ2) is 9.16. The van der Waals surface area contributed by atoms with E-state index in [2.05, 4.69) is 9.71 Å². The molecule has 1 aromatic carbocycles. The minimum Gasteiger partial charge on any atom is -0.347 e. The fourth-order valence-electron chi connectivity index (χ4n) is 4.13. The van der Waals surface area contributed by atoms with Gasteiger partial charge in [0.2, 0.25) is 10.0 Å². The van der Waals surface area contributed by atoms with E-state index in [1.807, 2.05) is 20.8 Å². The summed E-state index contributed by atoms with van der Waals surface area (Å²) in [6.45, 7) is 6.06. The van der Waals surface area contributed by atoms with Gasteiger partial charge < -0.3 is 4.57 Å². The summed E-state index contributed by atoms with van der Waals surface area (Å²) in [5.74, 6) is -0.925. The van der Waals surface area contributed by atoms with Crippen LogP contribution in [0.4, 0.5) is 22.0 Å². The van der Waals surface area contributed by atoms with Gasteiger partial charge in [-0.2, -0.15) is 0 Å². The van der Waals surface area contributed by atoms with E-state index in [9.17, 15) is 26.0 Å². The Balaban J connectivity index is 1.92. The van der Waals surface area contributed by atoms with Crippen molar-refractivity contribution in [2.24, 2.45) is 5.41 Å². The van der Waals surface area contributed by atoms with Crippen LogP contribution in [0, 0.1) is 11.2 Å². The molecule has 1 N–H and O–H groups in total. The van der Waals surface area contributed by atoms with Crippen molar-refractivity contribution in [2.75, 3.05) is 0 Å². The largest absolute Gasteiger partial charge is 0.347 e. The minimum atomic E-state index is -3.98. The predicted octanol–water partition coefficient (Wildman–Crippen LogP) is 6.21. The van der Waals surface area contributed by atoms with Gasteiger partial charge in [0.1, 0.15) is 11.9 Å². The molecule has 0 aliphatic heterocycles. The van der Waals surface area contributed by atoms with Crippen molar-refractivity contribution >= 4 is 20.9 Å². The zero-order valence-corrected chi connectivity index (χ0v) is 20.2. The summed E-state index contributed by atoms with van der Waals surface area (Å²) in [5, 5.41) is -0.638. The van der Waals surface area contributed by atoms with Crippen LogP contribution in [0.15, 0.2) is 36.7 Å². The molecule has 0 saturated heterocycles. The number of nitrogens with one attached hydrogen (secondary N) is 1. The lowest BCUT2D eigenvalue weighted by molar-refractivity contribution is 0.109. The van der Waals surface area contributed by atoms with Gasteiger partial charge in [-0.1, -0.05) is 20.8 Å². The van der Waals surface area contributed by atoms with Crippen molar-refractivity contribution in [3.63, 3.8) is 0 Å². The molecule has 1 aliphatic rings. The van der Waals surface area contributed by atoms with E-state index in [1.165, 1.54) is 24.5 Å². The van der Waals surface area contributed by atoms with Gasteiger partial charge in [-0.15, -0.1) is 0 Å². The van der Waals surface area contributed by atoms with Crippen molar-refractivity contribution in [3.05, 3.63) is 53.6 Å². The van der Waals surface area contributed by atoms with Gasteiger partial charge in [0.25, 0.3) is 12.9 Å². The van der Waals surface area contributed by atoms with Gasteiger partial charge in [0, 0.05) is 46.5 Å².